The number of hydrogen-bond donors (Lipinski definition) is 0. The van der Waals surface area contributed by atoms with Crippen molar-refractivity contribution in [2.75, 3.05) is 13.2 Å². The molecule has 0 aliphatic carbocycles. The molecule has 3 aromatic rings. The Bertz CT molecular complexity index is 1140. The molecule has 7 nitrogen and oxygen atoms in total. The number of carbonyl (C=O) groups excluding carboxylic acids is 2. The molecule has 0 saturated heterocycles. The van der Waals surface area contributed by atoms with Gasteiger partial charge in [0.15, 0.2) is 0 Å². The van der Waals surface area contributed by atoms with Crippen molar-refractivity contribution in [2.45, 2.75) is 19.8 Å². The summed E-state index contributed by atoms with van der Waals surface area (Å²) in [5.41, 5.74) is 1.05. The summed E-state index contributed by atoms with van der Waals surface area (Å²) in [7, 11) is 0. The molecule has 0 spiro atoms. The highest BCUT2D eigenvalue weighted by Crippen LogP contribution is 2.23. The quantitative estimate of drug-likeness (QED) is 0.168. The van der Waals surface area contributed by atoms with Crippen molar-refractivity contribution in [1.82, 2.24) is 0 Å². The van der Waals surface area contributed by atoms with Crippen molar-refractivity contribution in [3.63, 3.8) is 0 Å². The zero-order valence-corrected chi connectivity index (χ0v) is 17.1. The second-order valence-electron chi connectivity index (χ2n) is 6.75. The van der Waals surface area contributed by atoms with E-state index in [2.05, 4.69) is 6.58 Å². The molecule has 0 atom stereocenters. The Morgan fingerprint density at radius 1 is 1.00 bits per heavy atom. The van der Waals surface area contributed by atoms with Crippen molar-refractivity contribution in [2.24, 2.45) is 0 Å². The summed E-state index contributed by atoms with van der Waals surface area (Å²) in [6.07, 6.45) is 2.52. The van der Waals surface area contributed by atoms with Gasteiger partial charge in [0.2, 0.25) is 0 Å². The van der Waals surface area contributed by atoms with E-state index >= 15 is 0 Å². The molecule has 0 saturated carbocycles. The van der Waals surface area contributed by atoms with E-state index in [0.717, 1.165) is 17.0 Å². The van der Waals surface area contributed by atoms with E-state index < -0.39 is 17.6 Å². The third-order valence-electron chi connectivity index (χ3n) is 4.44. The SMILES string of the molecule is C=CC(=O)OCCCCOc1ccc(C(=O)Oc2ccc3c(C)cc(=O)oc3c2)cc1. The molecule has 1 aromatic heterocycles. The van der Waals surface area contributed by atoms with E-state index in [4.69, 9.17) is 18.6 Å². The van der Waals surface area contributed by atoms with E-state index in [-0.39, 0.29) is 5.75 Å². The van der Waals surface area contributed by atoms with Gasteiger partial charge in [-0.25, -0.2) is 14.4 Å². The van der Waals surface area contributed by atoms with E-state index in [0.29, 0.717) is 43.0 Å². The molecule has 0 amide bonds. The predicted octanol–water partition coefficient (Wildman–Crippen LogP) is 4.21. The van der Waals surface area contributed by atoms with Crippen LogP contribution in [0.1, 0.15) is 28.8 Å². The van der Waals surface area contributed by atoms with Gasteiger partial charge >= 0.3 is 17.6 Å². The van der Waals surface area contributed by atoms with Crippen LogP contribution in [0.2, 0.25) is 0 Å². The molecule has 0 aliphatic heterocycles. The maximum atomic E-state index is 12.4. The van der Waals surface area contributed by atoms with Crippen LogP contribution >= 0.6 is 0 Å². The number of carbonyl (C=O) groups is 2. The number of unbranched alkanes of at least 4 members (excludes halogenated alkanes) is 1. The highest BCUT2D eigenvalue weighted by atomic mass is 16.5. The third-order valence-corrected chi connectivity index (χ3v) is 4.44. The first-order valence-electron chi connectivity index (χ1n) is 9.75. The Morgan fingerprint density at radius 3 is 2.45 bits per heavy atom. The Labute approximate surface area is 178 Å². The van der Waals surface area contributed by atoms with Crippen molar-refractivity contribution in [3.8, 4) is 11.5 Å². The lowest BCUT2D eigenvalue weighted by Gasteiger charge is -2.08. The lowest BCUT2D eigenvalue weighted by Crippen LogP contribution is -2.09. The van der Waals surface area contributed by atoms with Gasteiger partial charge in [0, 0.05) is 23.6 Å². The molecule has 1 heterocycles. The lowest BCUT2D eigenvalue weighted by atomic mass is 10.1. The number of hydrogen-bond acceptors (Lipinski definition) is 7. The Balaban J connectivity index is 1.52. The van der Waals surface area contributed by atoms with E-state index in [1.165, 1.54) is 12.1 Å². The number of aryl methyl sites for hydroxylation is 1. The lowest BCUT2D eigenvalue weighted by molar-refractivity contribution is -0.137. The molecule has 0 fully saturated rings. The largest absolute Gasteiger partial charge is 0.494 e. The van der Waals surface area contributed by atoms with Crippen LogP contribution in [0.5, 0.6) is 11.5 Å². The molecule has 0 N–H and O–H groups in total. The van der Waals surface area contributed by atoms with E-state index in [9.17, 15) is 14.4 Å². The van der Waals surface area contributed by atoms with E-state index in [1.807, 2.05) is 6.92 Å². The van der Waals surface area contributed by atoms with Crippen LogP contribution in [0.25, 0.3) is 11.0 Å². The van der Waals surface area contributed by atoms with Crippen LogP contribution in [0.4, 0.5) is 0 Å². The minimum atomic E-state index is -0.537. The fraction of sp³-hybridized carbons (Fsp3) is 0.208. The van der Waals surface area contributed by atoms with Crippen LogP contribution in [-0.2, 0) is 9.53 Å². The van der Waals surface area contributed by atoms with Crippen LogP contribution < -0.4 is 15.1 Å². The van der Waals surface area contributed by atoms with Gasteiger partial charge in [-0.2, -0.15) is 0 Å². The summed E-state index contributed by atoms with van der Waals surface area (Å²) in [5.74, 6) is -0.0806. The average Bonchev–Trinajstić information content (AvgIpc) is 2.75. The second-order valence-corrected chi connectivity index (χ2v) is 6.75. The highest BCUT2D eigenvalue weighted by Gasteiger charge is 2.11. The van der Waals surface area contributed by atoms with Crippen LogP contribution in [-0.4, -0.2) is 25.2 Å². The van der Waals surface area contributed by atoms with Crippen molar-refractivity contribution in [1.29, 1.82) is 0 Å². The smallest absolute Gasteiger partial charge is 0.343 e. The molecule has 31 heavy (non-hydrogen) atoms. The number of fused-ring (bicyclic) bond motifs is 1. The molecule has 7 heteroatoms. The van der Waals surface area contributed by atoms with Crippen molar-refractivity contribution < 1.29 is 28.2 Å². The molecular weight excluding hydrogens is 400 g/mol. The van der Waals surface area contributed by atoms with Crippen LogP contribution in [0, 0.1) is 6.92 Å². The molecule has 160 valence electrons. The van der Waals surface area contributed by atoms with Crippen LogP contribution in [0.15, 0.2) is 70.4 Å². The molecule has 3 rings (SSSR count). The predicted molar refractivity (Wildman–Crippen MR) is 115 cm³/mol. The topological polar surface area (TPSA) is 92.0 Å². The molecule has 0 radical (unpaired) electrons. The van der Waals surface area contributed by atoms with Crippen molar-refractivity contribution >= 4 is 22.9 Å². The van der Waals surface area contributed by atoms with Crippen molar-refractivity contribution in [3.05, 3.63) is 82.7 Å². The molecule has 2 aromatic carbocycles. The summed E-state index contributed by atoms with van der Waals surface area (Å²) in [6.45, 7) is 5.91. The molecular formula is C24H22O7. The first-order valence-corrected chi connectivity index (χ1v) is 9.75. The van der Waals surface area contributed by atoms with Gasteiger partial charge in [-0.3, -0.25) is 0 Å². The summed E-state index contributed by atoms with van der Waals surface area (Å²) in [5, 5.41) is 0.778. The summed E-state index contributed by atoms with van der Waals surface area (Å²) in [4.78, 5) is 34.9. The van der Waals surface area contributed by atoms with Gasteiger partial charge in [-0.05, 0) is 61.7 Å². The minimum Gasteiger partial charge on any atom is -0.494 e. The van der Waals surface area contributed by atoms with Gasteiger partial charge in [0.25, 0.3) is 0 Å². The zero-order chi connectivity index (χ0) is 22.2. The average molecular weight is 422 g/mol. The van der Waals surface area contributed by atoms with Gasteiger partial charge in [0.1, 0.15) is 17.1 Å². The van der Waals surface area contributed by atoms with Gasteiger partial charge in [-0.1, -0.05) is 6.58 Å². The zero-order valence-electron chi connectivity index (χ0n) is 17.1. The monoisotopic (exact) mass is 422 g/mol. The van der Waals surface area contributed by atoms with Gasteiger partial charge < -0.3 is 18.6 Å². The molecule has 0 bridgehead atoms. The standard InChI is InChI=1S/C24H22O7/c1-3-22(25)29-13-5-4-12-28-18-8-6-17(7-9-18)24(27)30-19-10-11-20-16(2)14-23(26)31-21(20)15-19/h3,6-11,14-15H,1,4-5,12-13H2,2H3. The fourth-order valence-corrected chi connectivity index (χ4v) is 2.85. The van der Waals surface area contributed by atoms with Crippen LogP contribution in [0.3, 0.4) is 0 Å². The number of benzene rings is 2. The number of rotatable bonds is 9. The first kappa shape index (κ1) is 21.8. The summed E-state index contributed by atoms with van der Waals surface area (Å²) >= 11 is 0. The normalized spacial score (nSPS) is 10.5. The summed E-state index contributed by atoms with van der Waals surface area (Å²) in [6, 6.07) is 12.9. The number of esters is 2. The number of ether oxygens (including phenoxy) is 3. The Hall–Kier alpha value is -3.87. The Morgan fingerprint density at radius 2 is 1.71 bits per heavy atom. The third kappa shape index (κ3) is 6.05. The van der Waals surface area contributed by atoms with Gasteiger partial charge in [-0.15, -0.1) is 0 Å². The van der Waals surface area contributed by atoms with Gasteiger partial charge in [0.05, 0.1) is 18.8 Å². The highest BCUT2D eigenvalue weighted by molar-refractivity contribution is 5.92. The summed E-state index contributed by atoms with van der Waals surface area (Å²) < 4.78 is 21.1. The maximum Gasteiger partial charge on any atom is 0.343 e. The van der Waals surface area contributed by atoms with E-state index in [1.54, 1.807) is 36.4 Å². The fourth-order valence-electron chi connectivity index (χ4n) is 2.85. The second kappa shape index (κ2) is 10.2. The maximum absolute atomic E-state index is 12.4. The first-order chi connectivity index (χ1) is 15.0. The molecule has 0 aliphatic rings. The molecule has 0 unspecified atom stereocenters. The Kier molecular flexibility index (Phi) is 7.22. The minimum absolute atomic E-state index is 0.281.